The van der Waals surface area contributed by atoms with Gasteiger partial charge in [0.05, 0.1) is 6.10 Å². The van der Waals surface area contributed by atoms with Crippen LogP contribution in [0.1, 0.15) is 90.0 Å². The van der Waals surface area contributed by atoms with Gasteiger partial charge in [-0.3, -0.25) is 4.98 Å². The van der Waals surface area contributed by atoms with Crippen LogP contribution in [0.25, 0.3) is 0 Å². The van der Waals surface area contributed by atoms with E-state index in [2.05, 4.69) is 36.7 Å². The molecular formula is C23H41NOS. The maximum atomic E-state index is 5.56. The van der Waals surface area contributed by atoms with Gasteiger partial charge in [0.2, 0.25) is 0 Å². The minimum absolute atomic E-state index is 0.381. The third kappa shape index (κ3) is 15.7. The van der Waals surface area contributed by atoms with Gasteiger partial charge in [-0.15, -0.1) is 0 Å². The number of pyridine rings is 1. The molecular weight excluding hydrogens is 338 g/mol. The summed E-state index contributed by atoms with van der Waals surface area (Å²) >= 11 is 2.10. The first-order valence-electron chi connectivity index (χ1n) is 10.9. The van der Waals surface area contributed by atoms with Gasteiger partial charge in [0.1, 0.15) is 0 Å². The second-order valence-electron chi connectivity index (χ2n) is 7.53. The van der Waals surface area contributed by atoms with Crippen LogP contribution in [0.5, 0.6) is 0 Å². The summed E-state index contributed by atoms with van der Waals surface area (Å²) < 4.78 is 5.56. The monoisotopic (exact) mass is 379 g/mol. The van der Waals surface area contributed by atoms with Crippen LogP contribution in [-0.4, -0.2) is 29.2 Å². The second kappa shape index (κ2) is 17.9. The van der Waals surface area contributed by atoms with E-state index in [-0.39, 0.29) is 0 Å². The molecule has 0 aliphatic rings. The normalized spacial score (nSPS) is 11.3. The quantitative estimate of drug-likeness (QED) is 0.255. The van der Waals surface area contributed by atoms with Gasteiger partial charge < -0.3 is 4.74 Å². The third-order valence-electron chi connectivity index (χ3n) is 4.61. The lowest BCUT2D eigenvalue weighted by atomic mass is 10.0. The zero-order valence-electron chi connectivity index (χ0n) is 17.3. The van der Waals surface area contributed by atoms with Gasteiger partial charge in [-0.2, -0.15) is 11.8 Å². The Balaban J connectivity index is 1.70. The van der Waals surface area contributed by atoms with Crippen molar-refractivity contribution in [3.05, 3.63) is 30.1 Å². The van der Waals surface area contributed by atoms with E-state index in [1.165, 1.54) is 94.1 Å². The van der Waals surface area contributed by atoms with E-state index < -0.39 is 0 Å². The molecule has 150 valence electrons. The Kier molecular flexibility index (Phi) is 16.1. The molecule has 0 radical (unpaired) electrons. The first-order chi connectivity index (χ1) is 12.8. The van der Waals surface area contributed by atoms with Crippen LogP contribution in [0.2, 0.25) is 0 Å². The fraction of sp³-hybridized carbons (Fsp3) is 0.783. The number of unbranched alkanes of at least 4 members (excludes halogenated alkanes) is 9. The van der Waals surface area contributed by atoms with Crippen LogP contribution in [0, 0.1) is 0 Å². The van der Waals surface area contributed by atoms with Gasteiger partial charge in [0.15, 0.2) is 0 Å². The molecule has 0 fully saturated rings. The topological polar surface area (TPSA) is 22.1 Å². The van der Waals surface area contributed by atoms with Crippen LogP contribution in [0.15, 0.2) is 24.5 Å². The minimum atomic E-state index is 0.381. The number of aromatic nitrogens is 1. The molecule has 0 spiro atoms. The Morgan fingerprint density at radius 2 is 1.46 bits per heavy atom. The largest absolute Gasteiger partial charge is 0.379 e. The smallest absolute Gasteiger partial charge is 0.0518 e. The summed E-state index contributed by atoms with van der Waals surface area (Å²) in [6, 6.07) is 4.23. The molecule has 0 N–H and O–H groups in total. The van der Waals surface area contributed by atoms with E-state index in [0.717, 1.165) is 6.61 Å². The zero-order valence-corrected chi connectivity index (χ0v) is 18.1. The molecule has 1 heterocycles. The Morgan fingerprint density at radius 3 is 2.08 bits per heavy atom. The van der Waals surface area contributed by atoms with Crippen molar-refractivity contribution < 1.29 is 4.74 Å². The minimum Gasteiger partial charge on any atom is -0.379 e. The van der Waals surface area contributed by atoms with Gasteiger partial charge >= 0.3 is 0 Å². The first-order valence-corrected chi connectivity index (χ1v) is 12.0. The average molecular weight is 380 g/mol. The highest BCUT2D eigenvalue weighted by Crippen LogP contribution is 2.13. The van der Waals surface area contributed by atoms with E-state index in [1.54, 1.807) is 0 Å². The number of thioether (sulfide) groups is 1. The molecule has 0 aliphatic heterocycles. The van der Waals surface area contributed by atoms with E-state index in [4.69, 9.17) is 4.74 Å². The standard InChI is InChI=1S/C23H41NOS/c1-22(2)25-18-14-20-26-19-12-10-8-6-4-3-5-7-9-11-15-23-16-13-17-24-21-23/h13,16-17,21-22H,3-12,14-15,18-20H2,1-2H3. The predicted octanol–water partition coefficient (Wildman–Crippen LogP) is 7.07. The van der Waals surface area contributed by atoms with Crippen molar-refractivity contribution in [2.75, 3.05) is 18.1 Å². The average Bonchev–Trinajstić information content (AvgIpc) is 2.65. The van der Waals surface area contributed by atoms with Crippen LogP contribution < -0.4 is 0 Å². The molecule has 26 heavy (non-hydrogen) atoms. The van der Waals surface area contributed by atoms with Crippen molar-refractivity contribution in [2.24, 2.45) is 0 Å². The maximum Gasteiger partial charge on any atom is 0.0518 e. The fourth-order valence-corrected chi connectivity index (χ4v) is 4.01. The van der Waals surface area contributed by atoms with Crippen LogP contribution >= 0.6 is 11.8 Å². The molecule has 0 amide bonds. The van der Waals surface area contributed by atoms with Crippen LogP contribution in [0.4, 0.5) is 0 Å². The maximum absolute atomic E-state index is 5.56. The fourth-order valence-electron chi connectivity index (χ4n) is 3.08. The third-order valence-corrected chi connectivity index (χ3v) is 5.77. The number of hydrogen-bond donors (Lipinski definition) is 0. The molecule has 0 atom stereocenters. The summed E-state index contributed by atoms with van der Waals surface area (Å²) in [7, 11) is 0. The van der Waals surface area contributed by atoms with Crippen molar-refractivity contribution in [3.63, 3.8) is 0 Å². The summed E-state index contributed by atoms with van der Waals surface area (Å²) in [5.74, 6) is 2.59. The molecule has 3 heteroatoms. The molecule has 1 rings (SSSR count). The van der Waals surface area contributed by atoms with Gasteiger partial charge in [-0.25, -0.2) is 0 Å². The van der Waals surface area contributed by atoms with Crippen LogP contribution in [-0.2, 0) is 11.2 Å². The SMILES string of the molecule is CC(C)OCCCSCCCCCCCCCCCCc1cccnc1. The Bertz CT molecular complexity index is 396. The summed E-state index contributed by atoms with van der Waals surface area (Å²) in [5, 5.41) is 0. The molecule has 0 bridgehead atoms. The number of nitrogens with zero attached hydrogens (tertiary/aromatic N) is 1. The molecule has 0 saturated heterocycles. The van der Waals surface area contributed by atoms with Gasteiger partial charge in [-0.1, -0.05) is 57.4 Å². The molecule has 2 nitrogen and oxygen atoms in total. The van der Waals surface area contributed by atoms with Gasteiger partial charge in [-0.05, 0) is 62.7 Å². The van der Waals surface area contributed by atoms with E-state index >= 15 is 0 Å². The summed E-state index contributed by atoms with van der Waals surface area (Å²) in [5.41, 5.74) is 1.38. The first kappa shape index (κ1) is 23.5. The van der Waals surface area contributed by atoms with Crippen molar-refractivity contribution in [1.29, 1.82) is 0 Å². The zero-order chi connectivity index (χ0) is 18.7. The number of ether oxygens (including phenoxy) is 1. The lowest BCUT2D eigenvalue weighted by Gasteiger charge is -2.07. The lowest BCUT2D eigenvalue weighted by molar-refractivity contribution is 0.0800. The number of aryl methyl sites for hydroxylation is 1. The van der Waals surface area contributed by atoms with E-state index in [9.17, 15) is 0 Å². The van der Waals surface area contributed by atoms with Crippen molar-refractivity contribution in [3.8, 4) is 0 Å². The second-order valence-corrected chi connectivity index (χ2v) is 8.76. The number of rotatable bonds is 18. The van der Waals surface area contributed by atoms with Crippen LogP contribution in [0.3, 0.4) is 0 Å². The molecule has 0 saturated carbocycles. The summed E-state index contributed by atoms with van der Waals surface area (Å²) in [6.45, 7) is 5.14. The predicted molar refractivity (Wildman–Crippen MR) is 117 cm³/mol. The highest BCUT2D eigenvalue weighted by molar-refractivity contribution is 7.99. The van der Waals surface area contributed by atoms with Gasteiger partial charge in [0, 0.05) is 19.0 Å². The molecule has 0 aliphatic carbocycles. The van der Waals surface area contributed by atoms with Crippen molar-refractivity contribution in [2.45, 2.75) is 97.0 Å². The van der Waals surface area contributed by atoms with Crippen molar-refractivity contribution >= 4 is 11.8 Å². The Morgan fingerprint density at radius 1 is 0.846 bits per heavy atom. The number of hydrogen-bond acceptors (Lipinski definition) is 3. The summed E-state index contributed by atoms with van der Waals surface area (Å²) in [6.07, 6.45) is 20.7. The lowest BCUT2D eigenvalue weighted by Crippen LogP contribution is -2.04. The Labute approximate surface area is 166 Å². The Hall–Kier alpha value is -0.540. The molecule has 0 aromatic carbocycles. The van der Waals surface area contributed by atoms with Gasteiger partial charge in [0.25, 0.3) is 0 Å². The molecule has 1 aromatic rings. The highest BCUT2D eigenvalue weighted by Gasteiger charge is 1.96. The van der Waals surface area contributed by atoms with E-state index in [1.807, 2.05) is 18.5 Å². The van der Waals surface area contributed by atoms with Crippen molar-refractivity contribution in [1.82, 2.24) is 4.98 Å². The summed E-state index contributed by atoms with van der Waals surface area (Å²) in [4.78, 5) is 4.18. The van der Waals surface area contributed by atoms with E-state index in [0.29, 0.717) is 6.10 Å². The highest BCUT2D eigenvalue weighted by atomic mass is 32.2. The molecule has 0 unspecified atom stereocenters. The molecule has 1 aromatic heterocycles.